The summed E-state index contributed by atoms with van der Waals surface area (Å²) < 4.78 is 5.30. The predicted molar refractivity (Wildman–Crippen MR) is 79.5 cm³/mol. The number of methoxy groups -OCH3 is 1. The van der Waals surface area contributed by atoms with Crippen LogP contribution in [0.25, 0.3) is 0 Å². The molecular formula is C16H18N2O3. The Morgan fingerprint density at radius 2 is 2.14 bits per heavy atom. The molecule has 5 heteroatoms. The smallest absolute Gasteiger partial charge is 0.253 e. The molecule has 2 rings (SSSR count). The van der Waals surface area contributed by atoms with Gasteiger partial charge >= 0.3 is 0 Å². The number of carbonyl (C=O) groups is 1. The van der Waals surface area contributed by atoms with Crippen molar-refractivity contribution in [2.45, 2.75) is 19.4 Å². The predicted octanol–water partition coefficient (Wildman–Crippen LogP) is 2.16. The molecule has 0 saturated carbocycles. The van der Waals surface area contributed by atoms with Crippen LogP contribution in [0.2, 0.25) is 0 Å². The molecule has 0 aliphatic carbocycles. The Morgan fingerprint density at radius 3 is 2.86 bits per heavy atom. The Hall–Kier alpha value is -2.56. The standard InChI is InChI=1S/C16H18N2O3/c1-11(7-12-5-3-4-6-15(12)21-2)18-16(20)13-8-14(19)10-17-9-13/h3-6,8-11,19H,7H2,1-2H3,(H,18,20). The number of hydrogen-bond acceptors (Lipinski definition) is 4. The Kier molecular flexibility index (Phi) is 4.77. The quantitative estimate of drug-likeness (QED) is 0.883. The second-order valence-corrected chi connectivity index (χ2v) is 4.82. The highest BCUT2D eigenvalue weighted by Crippen LogP contribution is 2.19. The van der Waals surface area contributed by atoms with Crippen molar-refractivity contribution in [3.8, 4) is 11.5 Å². The van der Waals surface area contributed by atoms with Gasteiger partial charge in [0.15, 0.2) is 0 Å². The van der Waals surface area contributed by atoms with Crippen LogP contribution >= 0.6 is 0 Å². The number of rotatable bonds is 5. The summed E-state index contributed by atoms with van der Waals surface area (Å²) in [5.74, 6) is 0.512. The lowest BCUT2D eigenvalue weighted by Gasteiger charge is -2.16. The normalized spacial score (nSPS) is 11.7. The average Bonchev–Trinajstić information content (AvgIpc) is 2.47. The van der Waals surface area contributed by atoms with Gasteiger partial charge in [0.2, 0.25) is 0 Å². The second kappa shape index (κ2) is 6.74. The first kappa shape index (κ1) is 14.8. The summed E-state index contributed by atoms with van der Waals surface area (Å²) in [5.41, 5.74) is 1.36. The lowest BCUT2D eigenvalue weighted by atomic mass is 10.1. The summed E-state index contributed by atoms with van der Waals surface area (Å²) in [4.78, 5) is 15.9. The fourth-order valence-electron chi connectivity index (χ4n) is 2.11. The van der Waals surface area contributed by atoms with Crippen molar-refractivity contribution in [2.24, 2.45) is 0 Å². The van der Waals surface area contributed by atoms with Crippen molar-refractivity contribution in [1.29, 1.82) is 0 Å². The molecule has 0 bridgehead atoms. The number of nitrogens with zero attached hydrogens (tertiary/aromatic N) is 1. The molecule has 1 heterocycles. The van der Waals surface area contributed by atoms with Crippen LogP contribution < -0.4 is 10.1 Å². The van der Waals surface area contributed by atoms with Gasteiger partial charge in [-0.2, -0.15) is 0 Å². The Labute approximate surface area is 123 Å². The SMILES string of the molecule is COc1ccccc1CC(C)NC(=O)c1cncc(O)c1. The van der Waals surface area contributed by atoms with Gasteiger partial charge in [-0.15, -0.1) is 0 Å². The van der Waals surface area contributed by atoms with Crippen LogP contribution in [0.5, 0.6) is 11.5 Å². The van der Waals surface area contributed by atoms with Gasteiger partial charge in [-0.25, -0.2) is 0 Å². The van der Waals surface area contributed by atoms with E-state index in [4.69, 9.17) is 4.74 Å². The van der Waals surface area contributed by atoms with E-state index in [-0.39, 0.29) is 17.7 Å². The van der Waals surface area contributed by atoms with Gasteiger partial charge in [0.25, 0.3) is 5.91 Å². The molecule has 0 aliphatic heterocycles. The van der Waals surface area contributed by atoms with Crippen molar-refractivity contribution >= 4 is 5.91 Å². The molecule has 1 unspecified atom stereocenters. The number of nitrogens with one attached hydrogen (secondary N) is 1. The van der Waals surface area contributed by atoms with Gasteiger partial charge < -0.3 is 15.2 Å². The molecule has 0 fully saturated rings. The van der Waals surface area contributed by atoms with Gasteiger partial charge in [-0.3, -0.25) is 9.78 Å². The fourth-order valence-corrected chi connectivity index (χ4v) is 2.11. The van der Waals surface area contributed by atoms with E-state index in [1.807, 2.05) is 31.2 Å². The molecule has 0 saturated heterocycles. The Bertz CT molecular complexity index is 628. The second-order valence-electron chi connectivity index (χ2n) is 4.82. The maximum absolute atomic E-state index is 12.1. The monoisotopic (exact) mass is 286 g/mol. The first-order valence-electron chi connectivity index (χ1n) is 6.67. The van der Waals surface area contributed by atoms with E-state index in [1.165, 1.54) is 18.5 Å². The van der Waals surface area contributed by atoms with Crippen LogP contribution in [0.3, 0.4) is 0 Å². The molecule has 1 atom stereocenters. The minimum atomic E-state index is -0.263. The molecular weight excluding hydrogens is 268 g/mol. The number of pyridine rings is 1. The number of carbonyl (C=O) groups excluding carboxylic acids is 1. The highest BCUT2D eigenvalue weighted by molar-refractivity contribution is 5.94. The number of benzene rings is 1. The van der Waals surface area contributed by atoms with Crippen molar-refractivity contribution in [3.63, 3.8) is 0 Å². The molecule has 5 nitrogen and oxygen atoms in total. The van der Waals surface area contributed by atoms with E-state index in [0.29, 0.717) is 12.0 Å². The zero-order chi connectivity index (χ0) is 15.2. The topological polar surface area (TPSA) is 71.5 Å². The molecule has 21 heavy (non-hydrogen) atoms. The lowest BCUT2D eigenvalue weighted by molar-refractivity contribution is 0.0939. The minimum absolute atomic E-state index is 0.0277. The summed E-state index contributed by atoms with van der Waals surface area (Å²) in [6, 6.07) is 9.02. The number of para-hydroxylation sites is 1. The third-order valence-corrected chi connectivity index (χ3v) is 3.08. The van der Waals surface area contributed by atoms with Crippen molar-refractivity contribution in [1.82, 2.24) is 10.3 Å². The van der Waals surface area contributed by atoms with Crippen LogP contribution in [-0.2, 0) is 6.42 Å². The third kappa shape index (κ3) is 3.95. The van der Waals surface area contributed by atoms with Crippen LogP contribution in [0.4, 0.5) is 0 Å². The third-order valence-electron chi connectivity index (χ3n) is 3.08. The van der Waals surface area contributed by atoms with E-state index in [0.717, 1.165) is 11.3 Å². The zero-order valence-corrected chi connectivity index (χ0v) is 12.0. The molecule has 1 aromatic heterocycles. The van der Waals surface area contributed by atoms with E-state index < -0.39 is 0 Å². The molecule has 1 aromatic carbocycles. The summed E-state index contributed by atoms with van der Waals surface area (Å²) in [7, 11) is 1.63. The summed E-state index contributed by atoms with van der Waals surface area (Å²) in [5, 5.41) is 12.2. The van der Waals surface area contributed by atoms with E-state index in [1.54, 1.807) is 7.11 Å². The molecule has 2 aromatic rings. The summed E-state index contributed by atoms with van der Waals surface area (Å²) >= 11 is 0. The number of aromatic hydroxyl groups is 1. The molecule has 2 N–H and O–H groups in total. The molecule has 0 spiro atoms. The molecule has 0 radical (unpaired) electrons. The van der Waals surface area contributed by atoms with Gasteiger partial charge in [-0.1, -0.05) is 18.2 Å². The fraction of sp³-hybridized carbons (Fsp3) is 0.250. The lowest BCUT2D eigenvalue weighted by Crippen LogP contribution is -2.34. The molecule has 0 aliphatic rings. The van der Waals surface area contributed by atoms with Crippen LogP contribution in [0.1, 0.15) is 22.8 Å². The van der Waals surface area contributed by atoms with Crippen LogP contribution in [0, 0.1) is 0 Å². The molecule has 110 valence electrons. The van der Waals surface area contributed by atoms with Gasteiger partial charge in [-0.05, 0) is 31.0 Å². The number of amides is 1. The summed E-state index contributed by atoms with van der Waals surface area (Å²) in [6.45, 7) is 1.92. The van der Waals surface area contributed by atoms with Gasteiger partial charge in [0, 0.05) is 12.2 Å². The van der Waals surface area contributed by atoms with E-state index in [9.17, 15) is 9.90 Å². The minimum Gasteiger partial charge on any atom is -0.506 e. The van der Waals surface area contributed by atoms with Crippen LogP contribution in [-0.4, -0.2) is 29.1 Å². The number of aromatic nitrogens is 1. The van der Waals surface area contributed by atoms with Gasteiger partial charge in [0.05, 0.1) is 18.9 Å². The summed E-state index contributed by atoms with van der Waals surface area (Å²) in [6.07, 6.45) is 3.36. The van der Waals surface area contributed by atoms with Crippen molar-refractivity contribution < 1.29 is 14.6 Å². The molecule has 1 amide bonds. The largest absolute Gasteiger partial charge is 0.506 e. The maximum atomic E-state index is 12.1. The highest BCUT2D eigenvalue weighted by Gasteiger charge is 2.13. The maximum Gasteiger partial charge on any atom is 0.253 e. The number of ether oxygens (including phenoxy) is 1. The van der Waals surface area contributed by atoms with Crippen molar-refractivity contribution in [3.05, 3.63) is 53.9 Å². The zero-order valence-electron chi connectivity index (χ0n) is 12.0. The Balaban J connectivity index is 2.01. The first-order chi connectivity index (χ1) is 10.1. The van der Waals surface area contributed by atoms with E-state index in [2.05, 4.69) is 10.3 Å². The Morgan fingerprint density at radius 1 is 1.38 bits per heavy atom. The van der Waals surface area contributed by atoms with Gasteiger partial charge in [0.1, 0.15) is 11.5 Å². The number of hydrogen-bond donors (Lipinski definition) is 2. The average molecular weight is 286 g/mol. The van der Waals surface area contributed by atoms with E-state index >= 15 is 0 Å². The van der Waals surface area contributed by atoms with Crippen LogP contribution in [0.15, 0.2) is 42.7 Å². The first-order valence-corrected chi connectivity index (χ1v) is 6.67. The van der Waals surface area contributed by atoms with Crippen molar-refractivity contribution in [2.75, 3.05) is 7.11 Å². The highest BCUT2D eigenvalue weighted by atomic mass is 16.5.